The third-order valence-electron chi connectivity index (χ3n) is 4.35. The molecule has 0 radical (unpaired) electrons. The molecule has 7 nitrogen and oxygen atoms in total. The van der Waals surface area contributed by atoms with Crippen molar-refractivity contribution in [3.63, 3.8) is 0 Å². The number of fused-ring (bicyclic) bond motifs is 1. The van der Waals surface area contributed by atoms with Crippen molar-refractivity contribution in [3.8, 4) is 6.07 Å². The van der Waals surface area contributed by atoms with E-state index in [0.29, 0.717) is 11.2 Å². The monoisotopic (exact) mass is 319 g/mol. The third-order valence-corrected chi connectivity index (χ3v) is 4.35. The number of aromatic amines is 1. The van der Waals surface area contributed by atoms with Crippen LogP contribution in [-0.2, 0) is 0 Å². The molecule has 0 saturated carbocycles. The van der Waals surface area contributed by atoms with Gasteiger partial charge in [0.25, 0.3) is 0 Å². The fourth-order valence-electron chi connectivity index (χ4n) is 3.16. The first-order valence-corrected chi connectivity index (χ1v) is 7.86. The Bertz CT molecular complexity index is 902. The second-order valence-corrected chi connectivity index (χ2v) is 5.75. The zero-order chi connectivity index (χ0) is 16.5. The van der Waals surface area contributed by atoms with Gasteiger partial charge < -0.3 is 20.5 Å². The Kier molecular flexibility index (Phi) is 3.43. The first-order chi connectivity index (χ1) is 11.8. The highest BCUT2D eigenvalue weighted by atomic mass is 15.3. The minimum absolute atomic E-state index is 0.217. The molecule has 0 atom stereocenters. The van der Waals surface area contributed by atoms with Crippen LogP contribution in [0.2, 0.25) is 0 Å². The lowest BCUT2D eigenvalue weighted by Crippen LogP contribution is -2.47. The van der Waals surface area contributed by atoms with E-state index in [1.165, 1.54) is 5.69 Å². The van der Waals surface area contributed by atoms with Crippen molar-refractivity contribution in [2.75, 3.05) is 41.7 Å². The van der Waals surface area contributed by atoms with Crippen molar-refractivity contribution in [2.24, 2.45) is 0 Å². The molecule has 120 valence electrons. The van der Waals surface area contributed by atoms with Crippen LogP contribution in [0.3, 0.4) is 0 Å². The molecule has 1 saturated heterocycles. The highest BCUT2D eigenvalue weighted by Crippen LogP contribution is 2.28. The van der Waals surface area contributed by atoms with Gasteiger partial charge in [-0.25, -0.2) is 0 Å². The van der Waals surface area contributed by atoms with Crippen LogP contribution in [0.15, 0.2) is 36.5 Å². The Labute approximate surface area is 139 Å². The second-order valence-electron chi connectivity index (χ2n) is 5.75. The number of piperazine rings is 1. The van der Waals surface area contributed by atoms with Crippen molar-refractivity contribution in [1.29, 1.82) is 5.26 Å². The summed E-state index contributed by atoms with van der Waals surface area (Å²) in [6.07, 6.45) is 1.66. The maximum Gasteiger partial charge on any atom is 0.223 e. The molecule has 3 heterocycles. The lowest BCUT2D eigenvalue weighted by molar-refractivity contribution is 0.649. The molecule has 1 fully saturated rings. The minimum atomic E-state index is 0.217. The van der Waals surface area contributed by atoms with Crippen LogP contribution in [0.4, 0.5) is 17.5 Å². The molecule has 0 spiro atoms. The van der Waals surface area contributed by atoms with Crippen LogP contribution in [0.1, 0.15) is 5.56 Å². The Morgan fingerprint density at radius 3 is 2.46 bits per heavy atom. The van der Waals surface area contributed by atoms with Crippen molar-refractivity contribution < 1.29 is 0 Å². The van der Waals surface area contributed by atoms with Crippen LogP contribution >= 0.6 is 0 Å². The Balaban J connectivity index is 1.63. The van der Waals surface area contributed by atoms with Gasteiger partial charge in [0.05, 0.1) is 10.9 Å². The number of nitrogens with two attached hydrogens (primary N) is 1. The van der Waals surface area contributed by atoms with Gasteiger partial charge in [-0.15, -0.1) is 0 Å². The van der Waals surface area contributed by atoms with Crippen LogP contribution < -0.4 is 15.5 Å². The van der Waals surface area contributed by atoms with Crippen LogP contribution in [-0.4, -0.2) is 41.1 Å². The maximum atomic E-state index is 9.32. The fraction of sp³-hybridized carbons (Fsp3) is 0.235. The summed E-state index contributed by atoms with van der Waals surface area (Å²) in [6, 6.07) is 12.6. The molecule has 7 heteroatoms. The molecule has 1 aromatic carbocycles. The van der Waals surface area contributed by atoms with Crippen LogP contribution in [0.5, 0.6) is 0 Å². The van der Waals surface area contributed by atoms with E-state index in [1.54, 1.807) is 6.20 Å². The van der Waals surface area contributed by atoms with E-state index in [2.05, 4.69) is 55.1 Å². The summed E-state index contributed by atoms with van der Waals surface area (Å²) in [5.74, 6) is 0.956. The number of rotatable bonds is 2. The molecular formula is C17H17N7. The van der Waals surface area contributed by atoms with Gasteiger partial charge in [0.2, 0.25) is 5.95 Å². The number of H-pyrrole nitrogens is 1. The van der Waals surface area contributed by atoms with Crippen molar-refractivity contribution in [1.82, 2.24) is 15.0 Å². The van der Waals surface area contributed by atoms with E-state index in [0.717, 1.165) is 37.4 Å². The summed E-state index contributed by atoms with van der Waals surface area (Å²) in [5.41, 5.74) is 8.22. The van der Waals surface area contributed by atoms with Gasteiger partial charge in [-0.1, -0.05) is 18.2 Å². The summed E-state index contributed by atoms with van der Waals surface area (Å²) in [6.45, 7) is 3.41. The van der Waals surface area contributed by atoms with E-state index in [4.69, 9.17) is 5.73 Å². The summed E-state index contributed by atoms with van der Waals surface area (Å²) in [5, 5.41) is 10.1. The van der Waals surface area contributed by atoms with Gasteiger partial charge in [0.1, 0.15) is 17.5 Å². The van der Waals surface area contributed by atoms with Gasteiger partial charge >= 0.3 is 0 Å². The second kappa shape index (κ2) is 5.74. The molecule has 3 aromatic rings. The van der Waals surface area contributed by atoms with Crippen molar-refractivity contribution in [2.45, 2.75) is 0 Å². The molecule has 1 aliphatic rings. The van der Waals surface area contributed by atoms with Gasteiger partial charge in [-0.2, -0.15) is 15.2 Å². The highest BCUT2D eigenvalue weighted by Gasteiger charge is 2.22. The molecule has 0 amide bonds. The fourth-order valence-corrected chi connectivity index (χ4v) is 3.16. The predicted octanol–water partition coefficient (Wildman–Crippen LogP) is 1.74. The maximum absolute atomic E-state index is 9.32. The van der Waals surface area contributed by atoms with Crippen molar-refractivity contribution >= 4 is 28.5 Å². The number of nitrogens with one attached hydrogen (secondary N) is 1. The molecule has 1 aliphatic heterocycles. The number of nitriles is 1. The molecular weight excluding hydrogens is 302 g/mol. The van der Waals surface area contributed by atoms with Crippen LogP contribution in [0.25, 0.3) is 11.0 Å². The average Bonchev–Trinajstić information content (AvgIpc) is 3.05. The molecule has 0 bridgehead atoms. The average molecular weight is 319 g/mol. The number of hydrogen-bond acceptors (Lipinski definition) is 6. The van der Waals surface area contributed by atoms with E-state index in [9.17, 15) is 5.26 Å². The standard InChI is InChI=1S/C17H17N7/c18-10-12-11-20-15-14(12)16(22-17(19)21-15)24-8-6-23(7-9-24)13-4-2-1-3-5-13/h1-5,11H,6-9H2,(H3,19,20,21,22). The SMILES string of the molecule is N#Cc1c[nH]c2nc(N)nc(N3CCN(c4ccccc4)CC3)c12. The Morgan fingerprint density at radius 2 is 1.75 bits per heavy atom. The van der Waals surface area contributed by atoms with Crippen LogP contribution in [0, 0.1) is 11.3 Å². The number of aromatic nitrogens is 3. The topological polar surface area (TPSA) is 97.9 Å². The predicted molar refractivity (Wildman–Crippen MR) is 93.9 cm³/mol. The summed E-state index contributed by atoms with van der Waals surface area (Å²) in [4.78, 5) is 16.1. The number of benzene rings is 1. The third kappa shape index (κ3) is 2.38. The Morgan fingerprint density at radius 1 is 1.04 bits per heavy atom. The molecule has 0 unspecified atom stereocenters. The highest BCUT2D eigenvalue weighted by molar-refractivity contribution is 5.93. The quantitative estimate of drug-likeness (QED) is 0.746. The normalized spacial score (nSPS) is 14.8. The van der Waals surface area contributed by atoms with Gasteiger partial charge in [0, 0.05) is 38.1 Å². The van der Waals surface area contributed by atoms with Gasteiger partial charge in [0.15, 0.2) is 0 Å². The zero-order valence-corrected chi connectivity index (χ0v) is 13.1. The number of nitrogen functional groups attached to an aromatic ring is 1. The number of anilines is 3. The smallest absolute Gasteiger partial charge is 0.223 e. The summed E-state index contributed by atoms with van der Waals surface area (Å²) < 4.78 is 0. The number of nitrogens with zero attached hydrogens (tertiary/aromatic N) is 5. The zero-order valence-electron chi connectivity index (χ0n) is 13.1. The first kappa shape index (κ1) is 14.3. The summed E-state index contributed by atoms with van der Waals surface area (Å²) in [7, 11) is 0. The summed E-state index contributed by atoms with van der Waals surface area (Å²) >= 11 is 0. The lowest BCUT2D eigenvalue weighted by Gasteiger charge is -2.37. The van der Waals surface area contributed by atoms with Gasteiger partial charge in [-0.05, 0) is 12.1 Å². The number of para-hydroxylation sites is 1. The molecule has 4 rings (SSSR count). The largest absolute Gasteiger partial charge is 0.368 e. The molecule has 0 aliphatic carbocycles. The molecule has 24 heavy (non-hydrogen) atoms. The lowest BCUT2D eigenvalue weighted by atomic mass is 10.2. The van der Waals surface area contributed by atoms with Crippen molar-refractivity contribution in [3.05, 3.63) is 42.1 Å². The molecule has 3 N–H and O–H groups in total. The minimum Gasteiger partial charge on any atom is -0.368 e. The Hall–Kier alpha value is -3.27. The molecule has 2 aromatic heterocycles. The first-order valence-electron chi connectivity index (χ1n) is 7.86. The number of hydrogen-bond donors (Lipinski definition) is 2. The van der Waals surface area contributed by atoms with E-state index in [-0.39, 0.29) is 5.95 Å². The van der Waals surface area contributed by atoms with E-state index in [1.807, 2.05) is 6.07 Å². The van der Waals surface area contributed by atoms with Gasteiger partial charge in [-0.3, -0.25) is 0 Å². The van der Waals surface area contributed by atoms with E-state index < -0.39 is 0 Å². The van der Waals surface area contributed by atoms with E-state index >= 15 is 0 Å².